The molecule has 14 heavy (non-hydrogen) atoms. The normalized spacial score (nSPS) is 24.1. The predicted molar refractivity (Wildman–Crippen MR) is 53.7 cm³/mol. The monoisotopic (exact) mass is 199 g/mol. The van der Waals surface area contributed by atoms with Crippen molar-refractivity contribution in [1.82, 2.24) is 9.80 Å². The molecule has 1 heterocycles. The van der Waals surface area contributed by atoms with Gasteiger partial charge in [0.25, 0.3) is 0 Å². The van der Waals surface area contributed by atoms with Crippen LogP contribution in [0.5, 0.6) is 0 Å². The van der Waals surface area contributed by atoms with Crippen LogP contribution >= 0.6 is 0 Å². The van der Waals surface area contributed by atoms with E-state index in [-0.39, 0.29) is 17.7 Å². The number of piperazine rings is 1. The molecular weight excluding hydrogens is 180 g/mol. The highest BCUT2D eigenvalue weighted by Gasteiger charge is 2.26. The fraction of sp³-hybridized carbons (Fsp3) is 0.800. The Morgan fingerprint density at radius 3 is 2.71 bits per heavy atom. The van der Waals surface area contributed by atoms with Crippen molar-refractivity contribution in [2.24, 2.45) is 5.92 Å². The second kappa shape index (κ2) is 4.44. The lowest BCUT2D eigenvalue weighted by atomic mass is 10.1. The van der Waals surface area contributed by atoms with E-state index >= 15 is 0 Å². The van der Waals surface area contributed by atoms with Crippen LogP contribution in [0.3, 0.4) is 0 Å². The Morgan fingerprint density at radius 2 is 2.21 bits per heavy atom. The van der Waals surface area contributed by atoms with Crippen LogP contribution < -0.4 is 0 Å². The molecule has 2 amide bonds. The van der Waals surface area contributed by atoms with E-state index in [9.17, 15) is 9.59 Å². The van der Waals surface area contributed by atoms with E-state index in [0.717, 1.165) is 0 Å². The lowest BCUT2D eigenvalue weighted by Crippen LogP contribution is -2.52. The molecule has 1 atom stereocenters. The van der Waals surface area contributed by atoms with Crippen LogP contribution in [-0.2, 0) is 9.59 Å². The SMILES string of the molecule is [2H]C1C(=O)N(CC)CCN1C(=O)C(C)C. The first-order chi connectivity index (χ1) is 6.99. The summed E-state index contributed by atoms with van der Waals surface area (Å²) < 4.78 is 7.71. The fourth-order valence-electron chi connectivity index (χ4n) is 1.44. The van der Waals surface area contributed by atoms with Gasteiger partial charge >= 0.3 is 0 Å². The molecule has 1 rings (SSSR count). The number of rotatable bonds is 2. The van der Waals surface area contributed by atoms with Crippen LogP contribution in [-0.4, -0.2) is 47.8 Å². The van der Waals surface area contributed by atoms with Crippen LogP contribution in [0.2, 0.25) is 0 Å². The zero-order valence-electron chi connectivity index (χ0n) is 9.99. The maximum Gasteiger partial charge on any atom is 0.242 e. The highest BCUT2D eigenvalue weighted by Crippen LogP contribution is 2.07. The van der Waals surface area contributed by atoms with Crippen molar-refractivity contribution < 1.29 is 11.0 Å². The van der Waals surface area contributed by atoms with Crippen molar-refractivity contribution in [3.63, 3.8) is 0 Å². The first-order valence-corrected chi connectivity index (χ1v) is 5.00. The van der Waals surface area contributed by atoms with E-state index in [1.165, 1.54) is 4.90 Å². The van der Waals surface area contributed by atoms with Crippen molar-refractivity contribution >= 4 is 11.8 Å². The van der Waals surface area contributed by atoms with Gasteiger partial charge in [-0.3, -0.25) is 9.59 Å². The van der Waals surface area contributed by atoms with Gasteiger partial charge in [-0.05, 0) is 6.92 Å². The zero-order valence-corrected chi connectivity index (χ0v) is 8.99. The second-order valence-corrected chi connectivity index (χ2v) is 3.73. The summed E-state index contributed by atoms with van der Waals surface area (Å²) in [5.74, 6) is -0.532. The summed E-state index contributed by atoms with van der Waals surface area (Å²) in [6, 6.07) is 0. The van der Waals surface area contributed by atoms with Crippen LogP contribution in [0.15, 0.2) is 0 Å². The maximum atomic E-state index is 11.7. The summed E-state index contributed by atoms with van der Waals surface area (Å²) >= 11 is 0. The Labute approximate surface area is 86.3 Å². The van der Waals surface area contributed by atoms with Gasteiger partial charge in [-0.25, -0.2) is 0 Å². The highest BCUT2D eigenvalue weighted by atomic mass is 16.2. The van der Waals surface area contributed by atoms with E-state index in [1.54, 1.807) is 18.7 Å². The average molecular weight is 199 g/mol. The summed E-state index contributed by atoms with van der Waals surface area (Å²) in [7, 11) is 0. The van der Waals surface area contributed by atoms with Crippen LogP contribution in [0, 0.1) is 5.92 Å². The largest absolute Gasteiger partial charge is 0.340 e. The van der Waals surface area contributed by atoms with Crippen molar-refractivity contribution in [3.05, 3.63) is 0 Å². The molecule has 1 aliphatic heterocycles. The number of hydrogen-bond donors (Lipinski definition) is 0. The molecule has 1 aliphatic rings. The lowest BCUT2D eigenvalue weighted by Gasteiger charge is -2.34. The van der Waals surface area contributed by atoms with E-state index in [0.29, 0.717) is 19.6 Å². The van der Waals surface area contributed by atoms with Crippen molar-refractivity contribution in [1.29, 1.82) is 0 Å². The third kappa shape index (κ3) is 2.25. The van der Waals surface area contributed by atoms with Gasteiger partial charge in [0, 0.05) is 25.6 Å². The molecule has 4 nitrogen and oxygen atoms in total. The molecule has 1 unspecified atom stereocenters. The lowest BCUT2D eigenvalue weighted by molar-refractivity contribution is -0.146. The third-order valence-electron chi connectivity index (χ3n) is 2.35. The molecule has 0 aromatic heterocycles. The first-order valence-electron chi connectivity index (χ1n) is 5.58. The molecule has 80 valence electrons. The number of nitrogens with zero attached hydrogens (tertiary/aromatic N) is 2. The predicted octanol–water partition coefficient (Wildman–Crippen LogP) is 0.333. The van der Waals surface area contributed by atoms with Gasteiger partial charge in [0.15, 0.2) is 0 Å². The number of hydrogen-bond acceptors (Lipinski definition) is 2. The van der Waals surface area contributed by atoms with Gasteiger partial charge in [-0.1, -0.05) is 13.8 Å². The highest BCUT2D eigenvalue weighted by molar-refractivity contribution is 5.86. The average Bonchev–Trinajstić information content (AvgIpc) is 2.21. The van der Waals surface area contributed by atoms with Gasteiger partial charge in [-0.2, -0.15) is 0 Å². The minimum absolute atomic E-state index is 0.112. The Kier molecular flexibility index (Phi) is 3.01. The Bertz CT molecular complexity index is 268. The molecule has 0 aromatic rings. The molecule has 0 radical (unpaired) electrons. The Balaban J connectivity index is 2.72. The molecule has 0 aliphatic carbocycles. The fourth-order valence-corrected chi connectivity index (χ4v) is 1.44. The standard InChI is InChI=1S/C10H18N2O2/c1-4-11-5-6-12(7-9(11)13)10(14)8(2)3/h8H,4-7H2,1-3H3/i7D. The van der Waals surface area contributed by atoms with Gasteiger partial charge in [0.2, 0.25) is 11.8 Å². The van der Waals surface area contributed by atoms with E-state index in [1.807, 2.05) is 6.92 Å². The van der Waals surface area contributed by atoms with Gasteiger partial charge in [-0.15, -0.1) is 0 Å². The zero-order chi connectivity index (χ0) is 11.6. The van der Waals surface area contributed by atoms with Crippen molar-refractivity contribution in [3.8, 4) is 0 Å². The number of likely N-dealkylation sites (N-methyl/N-ethyl adjacent to an activating group) is 1. The van der Waals surface area contributed by atoms with E-state index in [2.05, 4.69) is 0 Å². The van der Waals surface area contributed by atoms with Gasteiger partial charge in [0.05, 0.1) is 7.89 Å². The summed E-state index contributed by atoms with van der Waals surface area (Å²) in [6.45, 7) is 6.03. The third-order valence-corrected chi connectivity index (χ3v) is 2.35. The molecule has 0 spiro atoms. The molecule has 1 saturated heterocycles. The summed E-state index contributed by atoms with van der Waals surface area (Å²) in [5, 5.41) is 0. The minimum Gasteiger partial charge on any atom is -0.340 e. The molecule has 0 bridgehead atoms. The van der Waals surface area contributed by atoms with Crippen LogP contribution in [0.25, 0.3) is 0 Å². The molecule has 4 heteroatoms. The van der Waals surface area contributed by atoms with E-state index < -0.39 is 6.52 Å². The second-order valence-electron chi connectivity index (χ2n) is 3.73. The quantitative estimate of drug-likeness (QED) is 0.643. The molecule has 1 fully saturated rings. The topological polar surface area (TPSA) is 40.6 Å². The van der Waals surface area contributed by atoms with E-state index in [4.69, 9.17) is 1.37 Å². The van der Waals surface area contributed by atoms with Crippen molar-refractivity contribution in [2.45, 2.75) is 20.8 Å². The summed E-state index contributed by atoms with van der Waals surface area (Å²) in [5.41, 5.74) is 0. The Morgan fingerprint density at radius 1 is 1.57 bits per heavy atom. The first kappa shape index (κ1) is 9.49. The van der Waals surface area contributed by atoms with Crippen LogP contribution in [0.4, 0.5) is 0 Å². The number of amides is 2. The Hall–Kier alpha value is -1.06. The number of carbonyl (C=O) groups excluding carboxylic acids is 2. The smallest absolute Gasteiger partial charge is 0.242 e. The molecule has 0 aromatic carbocycles. The van der Waals surface area contributed by atoms with Gasteiger partial charge < -0.3 is 9.80 Å². The number of carbonyl (C=O) groups is 2. The summed E-state index contributed by atoms with van der Waals surface area (Å²) in [6.07, 6.45) is 0. The molecule has 0 saturated carbocycles. The molecule has 0 N–H and O–H groups in total. The van der Waals surface area contributed by atoms with Crippen LogP contribution in [0.1, 0.15) is 22.1 Å². The summed E-state index contributed by atoms with van der Waals surface area (Å²) in [4.78, 5) is 26.3. The van der Waals surface area contributed by atoms with Crippen molar-refractivity contribution in [2.75, 3.05) is 26.2 Å². The van der Waals surface area contributed by atoms with Gasteiger partial charge in [0.1, 0.15) is 0 Å². The minimum atomic E-state index is -1.05. The molecular formula is C10H18N2O2. The maximum absolute atomic E-state index is 11.7.